The predicted octanol–water partition coefficient (Wildman–Crippen LogP) is 1.85. The van der Waals surface area contributed by atoms with E-state index in [2.05, 4.69) is 4.98 Å². The SMILES string of the molecule is CN(Cc1ccncc1)[C@@H]1CC(=O)N(c2ccccc2)C1=O. The summed E-state index contributed by atoms with van der Waals surface area (Å²) in [4.78, 5) is 32.0. The summed E-state index contributed by atoms with van der Waals surface area (Å²) in [6.45, 7) is 0.606. The van der Waals surface area contributed by atoms with Crippen LogP contribution in [0.15, 0.2) is 54.9 Å². The van der Waals surface area contributed by atoms with Crippen LogP contribution >= 0.6 is 0 Å². The average molecular weight is 295 g/mol. The zero-order valence-electron chi connectivity index (χ0n) is 12.3. The smallest absolute Gasteiger partial charge is 0.251 e. The van der Waals surface area contributed by atoms with Crippen LogP contribution in [-0.2, 0) is 16.1 Å². The predicted molar refractivity (Wildman–Crippen MR) is 83.0 cm³/mol. The molecule has 112 valence electrons. The third-order valence-corrected chi connectivity index (χ3v) is 3.85. The van der Waals surface area contributed by atoms with Gasteiger partial charge in [0.15, 0.2) is 0 Å². The molecule has 1 aromatic carbocycles. The molecular formula is C17H17N3O2. The number of pyridine rings is 1. The first kappa shape index (κ1) is 14.4. The van der Waals surface area contributed by atoms with Crippen molar-refractivity contribution in [3.05, 3.63) is 60.4 Å². The summed E-state index contributed by atoms with van der Waals surface area (Å²) in [5, 5.41) is 0. The quantitative estimate of drug-likeness (QED) is 0.808. The maximum Gasteiger partial charge on any atom is 0.251 e. The number of para-hydroxylation sites is 1. The molecule has 5 heteroatoms. The summed E-state index contributed by atoms with van der Waals surface area (Å²) < 4.78 is 0. The molecular weight excluding hydrogens is 278 g/mol. The summed E-state index contributed by atoms with van der Waals surface area (Å²) >= 11 is 0. The number of amides is 2. The van der Waals surface area contributed by atoms with Gasteiger partial charge in [0.2, 0.25) is 5.91 Å². The molecule has 5 nitrogen and oxygen atoms in total. The first-order chi connectivity index (χ1) is 10.7. The molecule has 0 radical (unpaired) electrons. The number of nitrogens with zero attached hydrogens (tertiary/aromatic N) is 3. The lowest BCUT2D eigenvalue weighted by Crippen LogP contribution is -2.39. The fraction of sp³-hybridized carbons (Fsp3) is 0.235. The normalized spacial score (nSPS) is 18.3. The molecule has 2 heterocycles. The number of carbonyl (C=O) groups excluding carboxylic acids is 2. The molecule has 0 unspecified atom stereocenters. The molecule has 2 aromatic rings. The van der Waals surface area contributed by atoms with E-state index in [9.17, 15) is 9.59 Å². The lowest BCUT2D eigenvalue weighted by molar-refractivity contribution is -0.122. The number of hydrogen-bond acceptors (Lipinski definition) is 4. The highest BCUT2D eigenvalue weighted by molar-refractivity contribution is 6.22. The van der Waals surface area contributed by atoms with Crippen LogP contribution in [0.5, 0.6) is 0 Å². The summed E-state index contributed by atoms with van der Waals surface area (Å²) in [6, 6.07) is 12.5. The minimum Gasteiger partial charge on any atom is -0.290 e. The molecule has 0 N–H and O–H groups in total. The number of likely N-dealkylation sites (N-methyl/N-ethyl adjacent to an activating group) is 1. The molecule has 0 saturated carbocycles. The zero-order chi connectivity index (χ0) is 15.5. The number of imide groups is 1. The van der Waals surface area contributed by atoms with Crippen molar-refractivity contribution in [3.63, 3.8) is 0 Å². The fourth-order valence-corrected chi connectivity index (χ4v) is 2.69. The number of hydrogen-bond donors (Lipinski definition) is 0. The molecule has 0 spiro atoms. The largest absolute Gasteiger partial charge is 0.290 e. The molecule has 3 rings (SSSR count). The average Bonchev–Trinajstić information content (AvgIpc) is 2.84. The van der Waals surface area contributed by atoms with E-state index in [1.54, 1.807) is 24.5 Å². The van der Waals surface area contributed by atoms with E-state index in [1.807, 2.05) is 42.3 Å². The Morgan fingerprint density at radius 3 is 2.50 bits per heavy atom. The van der Waals surface area contributed by atoms with Crippen molar-refractivity contribution in [3.8, 4) is 0 Å². The molecule has 1 saturated heterocycles. The molecule has 1 aliphatic rings. The molecule has 1 aliphatic heterocycles. The van der Waals surface area contributed by atoms with Crippen LogP contribution in [-0.4, -0.2) is 34.8 Å². The topological polar surface area (TPSA) is 53.5 Å². The Morgan fingerprint density at radius 1 is 1.14 bits per heavy atom. The van der Waals surface area contributed by atoms with Gasteiger partial charge in [-0.25, -0.2) is 4.90 Å². The van der Waals surface area contributed by atoms with E-state index in [-0.39, 0.29) is 18.2 Å². The van der Waals surface area contributed by atoms with Crippen molar-refractivity contribution in [2.45, 2.75) is 19.0 Å². The molecule has 22 heavy (non-hydrogen) atoms. The van der Waals surface area contributed by atoms with E-state index >= 15 is 0 Å². The van der Waals surface area contributed by atoms with Gasteiger partial charge in [0.25, 0.3) is 5.91 Å². The van der Waals surface area contributed by atoms with Crippen LogP contribution in [0.25, 0.3) is 0 Å². The van der Waals surface area contributed by atoms with Gasteiger partial charge in [-0.1, -0.05) is 18.2 Å². The van der Waals surface area contributed by atoms with Crippen molar-refractivity contribution in [1.82, 2.24) is 9.88 Å². The van der Waals surface area contributed by atoms with E-state index < -0.39 is 6.04 Å². The highest BCUT2D eigenvalue weighted by Crippen LogP contribution is 2.25. The van der Waals surface area contributed by atoms with Gasteiger partial charge in [-0.05, 0) is 36.9 Å². The number of rotatable bonds is 4. The number of benzene rings is 1. The maximum absolute atomic E-state index is 12.6. The summed E-state index contributed by atoms with van der Waals surface area (Å²) in [5.41, 5.74) is 1.70. The minimum absolute atomic E-state index is 0.150. The van der Waals surface area contributed by atoms with Crippen LogP contribution in [0.2, 0.25) is 0 Å². The van der Waals surface area contributed by atoms with Crippen LogP contribution < -0.4 is 4.90 Å². The van der Waals surface area contributed by atoms with Gasteiger partial charge in [-0.2, -0.15) is 0 Å². The summed E-state index contributed by atoms with van der Waals surface area (Å²) in [5.74, 6) is -0.310. The zero-order valence-corrected chi connectivity index (χ0v) is 12.3. The Hall–Kier alpha value is -2.53. The van der Waals surface area contributed by atoms with Gasteiger partial charge >= 0.3 is 0 Å². The van der Waals surface area contributed by atoms with Crippen LogP contribution in [0.3, 0.4) is 0 Å². The van der Waals surface area contributed by atoms with Crippen molar-refractivity contribution >= 4 is 17.5 Å². The Kier molecular flexibility index (Phi) is 3.98. The lowest BCUT2D eigenvalue weighted by atomic mass is 10.2. The summed E-state index contributed by atoms with van der Waals surface area (Å²) in [7, 11) is 1.87. The maximum atomic E-state index is 12.6. The highest BCUT2D eigenvalue weighted by atomic mass is 16.2. The molecule has 2 amide bonds. The van der Waals surface area contributed by atoms with Crippen molar-refractivity contribution in [1.29, 1.82) is 0 Å². The second kappa shape index (κ2) is 6.07. The van der Waals surface area contributed by atoms with Gasteiger partial charge in [0.1, 0.15) is 0 Å². The van der Waals surface area contributed by atoms with Crippen LogP contribution in [0.4, 0.5) is 5.69 Å². The molecule has 1 fully saturated rings. The van der Waals surface area contributed by atoms with Crippen molar-refractivity contribution in [2.24, 2.45) is 0 Å². The van der Waals surface area contributed by atoms with Crippen molar-refractivity contribution in [2.75, 3.05) is 11.9 Å². The van der Waals surface area contributed by atoms with Crippen molar-refractivity contribution < 1.29 is 9.59 Å². The minimum atomic E-state index is -0.416. The molecule has 0 bridgehead atoms. The Labute approximate surface area is 129 Å². The Balaban J connectivity index is 1.76. The monoisotopic (exact) mass is 295 g/mol. The first-order valence-corrected chi connectivity index (χ1v) is 7.18. The van der Waals surface area contributed by atoms with E-state index in [0.29, 0.717) is 12.2 Å². The number of anilines is 1. The molecule has 1 aromatic heterocycles. The fourth-order valence-electron chi connectivity index (χ4n) is 2.69. The third-order valence-electron chi connectivity index (χ3n) is 3.85. The van der Waals surface area contributed by atoms with E-state index in [0.717, 1.165) is 5.56 Å². The highest BCUT2D eigenvalue weighted by Gasteiger charge is 2.41. The standard InChI is InChI=1S/C17H17N3O2/c1-19(12-13-7-9-18-10-8-13)15-11-16(21)20(17(15)22)14-5-3-2-4-6-14/h2-10,15H,11-12H2,1H3/t15-/m1/s1. The Morgan fingerprint density at radius 2 is 1.82 bits per heavy atom. The lowest BCUT2D eigenvalue weighted by Gasteiger charge is -2.22. The van der Waals surface area contributed by atoms with Gasteiger partial charge in [0.05, 0.1) is 18.2 Å². The number of aromatic nitrogens is 1. The molecule has 1 atom stereocenters. The third kappa shape index (κ3) is 2.76. The van der Waals surface area contributed by atoms with Gasteiger partial charge < -0.3 is 0 Å². The van der Waals surface area contributed by atoms with Crippen LogP contribution in [0, 0.1) is 0 Å². The van der Waals surface area contributed by atoms with E-state index in [1.165, 1.54) is 4.90 Å². The Bertz CT molecular complexity index is 673. The second-order valence-corrected chi connectivity index (χ2v) is 5.39. The number of carbonyl (C=O) groups is 2. The van der Waals surface area contributed by atoms with Gasteiger partial charge in [0, 0.05) is 18.9 Å². The first-order valence-electron chi connectivity index (χ1n) is 7.18. The molecule has 0 aliphatic carbocycles. The van der Waals surface area contributed by atoms with Gasteiger partial charge in [-0.3, -0.25) is 19.5 Å². The summed E-state index contributed by atoms with van der Waals surface area (Å²) in [6.07, 6.45) is 3.66. The van der Waals surface area contributed by atoms with E-state index in [4.69, 9.17) is 0 Å². The van der Waals surface area contributed by atoms with Gasteiger partial charge in [-0.15, -0.1) is 0 Å². The second-order valence-electron chi connectivity index (χ2n) is 5.39. The van der Waals surface area contributed by atoms with Crippen LogP contribution in [0.1, 0.15) is 12.0 Å².